The Labute approximate surface area is 182 Å². The Morgan fingerprint density at radius 1 is 1.10 bits per heavy atom. The van der Waals surface area contributed by atoms with E-state index in [4.69, 9.17) is 0 Å². The van der Waals surface area contributed by atoms with E-state index in [1.807, 2.05) is 39.9 Å². The second-order valence-corrected chi connectivity index (χ2v) is 9.95. The van der Waals surface area contributed by atoms with E-state index in [1.165, 1.54) is 25.7 Å². The third-order valence-electron chi connectivity index (χ3n) is 7.93. The van der Waals surface area contributed by atoms with E-state index in [0.717, 1.165) is 44.7 Å². The number of amides is 2. The van der Waals surface area contributed by atoms with E-state index in [-0.39, 0.29) is 17.7 Å². The number of piperidine rings is 3. The van der Waals surface area contributed by atoms with E-state index >= 15 is 0 Å². The van der Waals surface area contributed by atoms with E-state index in [9.17, 15) is 9.59 Å². The maximum atomic E-state index is 13.4. The van der Waals surface area contributed by atoms with Gasteiger partial charge < -0.3 is 14.6 Å². The average Bonchev–Trinajstić information content (AvgIpc) is 3.57. The summed E-state index contributed by atoms with van der Waals surface area (Å²) in [4.78, 5) is 35.0. The number of rotatable bonds is 4. The second-order valence-electron chi connectivity index (χ2n) is 9.95. The zero-order valence-electron chi connectivity index (χ0n) is 17.9. The summed E-state index contributed by atoms with van der Waals surface area (Å²) < 4.78 is 1.91. The highest BCUT2D eigenvalue weighted by molar-refractivity contribution is 5.93. The topological polar surface area (TPSA) is 70.0 Å². The number of fused-ring (bicyclic) bond motifs is 5. The highest BCUT2D eigenvalue weighted by atomic mass is 16.2. The quantitative estimate of drug-likeness (QED) is 0.822. The predicted octanol–water partition coefficient (Wildman–Crippen LogP) is 2.18. The van der Waals surface area contributed by atoms with Crippen LogP contribution >= 0.6 is 0 Å². The van der Waals surface area contributed by atoms with E-state index in [2.05, 4.69) is 15.2 Å². The molecule has 31 heavy (non-hydrogen) atoms. The number of carbonyl (C=O) groups is 2. The maximum Gasteiger partial charge on any atom is 0.274 e. The molecule has 4 fully saturated rings. The van der Waals surface area contributed by atoms with Crippen molar-refractivity contribution >= 4 is 17.5 Å². The second kappa shape index (κ2) is 7.62. The van der Waals surface area contributed by atoms with Gasteiger partial charge in [-0.25, -0.2) is 4.98 Å². The lowest BCUT2D eigenvalue weighted by Gasteiger charge is -2.56. The Bertz CT molecular complexity index is 966. The molecule has 2 amide bonds. The van der Waals surface area contributed by atoms with Gasteiger partial charge in [0.15, 0.2) is 0 Å². The summed E-state index contributed by atoms with van der Waals surface area (Å²) in [5.74, 6) is 1.45. The fourth-order valence-electron chi connectivity index (χ4n) is 6.25. The highest BCUT2D eigenvalue weighted by Gasteiger charge is 2.48. The first-order valence-electron chi connectivity index (χ1n) is 11.9. The van der Waals surface area contributed by atoms with Crippen molar-refractivity contribution in [3.05, 3.63) is 36.3 Å². The number of hydrogen-bond donors (Lipinski definition) is 1. The van der Waals surface area contributed by atoms with Crippen molar-refractivity contribution in [2.75, 3.05) is 26.2 Å². The fourth-order valence-corrected chi connectivity index (χ4v) is 6.25. The molecule has 0 spiro atoms. The Balaban J connectivity index is 1.23. The summed E-state index contributed by atoms with van der Waals surface area (Å²) in [6.07, 6.45) is 10.7. The lowest BCUT2D eigenvalue weighted by Crippen LogP contribution is -2.66. The largest absolute Gasteiger partial charge is 0.354 e. The van der Waals surface area contributed by atoms with Gasteiger partial charge in [-0.1, -0.05) is 12.5 Å². The van der Waals surface area contributed by atoms with Crippen molar-refractivity contribution in [3.63, 3.8) is 0 Å². The molecule has 7 nitrogen and oxygen atoms in total. The molecular weight excluding hydrogens is 390 g/mol. The van der Waals surface area contributed by atoms with Crippen LogP contribution < -0.4 is 5.32 Å². The third kappa shape index (κ3) is 3.53. The number of carbonyl (C=O) groups excluding carboxylic acids is 2. The predicted molar refractivity (Wildman–Crippen MR) is 117 cm³/mol. The summed E-state index contributed by atoms with van der Waals surface area (Å²) in [7, 11) is 0. The van der Waals surface area contributed by atoms with Gasteiger partial charge in [-0.2, -0.15) is 0 Å². The van der Waals surface area contributed by atoms with Gasteiger partial charge in [-0.15, -0.1) is 0 Å². The minimum Gasteiger partial charge on any atom is -0.354 e. The molecule has 3 saturated heterocycles. The van der Waals surface area contributed by atoms with Crippen LogP contribution in [0.15, 0.2) is 30.6 Å². The van der Waals surface area contributed by atoms with Crippen molar-refractivity contribution in [1.82, 2.24) is 24.5 Å². The molecule has 1 N–H and O–H groups in total. The van der Waals surface area contributed by atoms with Crippen LogP contribution in [-0.2, 0) is 4.79 Å². The van der Waals surface area contributed by atoms with Crippen molar-refractivity contribution in [2.24, 2.45) is 17.8 Å². The highest BCUT2D eigenvalue weighted by Crippen LogP contribution is 2.41. The van der Waals surface area contributed by atoms with Gasteiger partial charge in [0.05, 0.1) is 0 Å². The molecule has 0 unspecified atom stereocenters. The number of aromatic nitrogens is 2. The van der Waals surface area contributed by atoms with E-state index in [0.29, 0.717) is 29.6 Å². The summed E-state index contributed by atoms with van der Waals surface area (Å²) in [6, 6.07) is 6.69. The smallest absolute Gasteiger partial charge is 0.274 e. The van der Waals surface area contributed by atoms with Crippen molar-refractivity contribution in [1.29, 1.82) is 0 Å². The van der Waals surface area contributed by atoms with Crippen molar-refractivity contribution in [3.8, 4) is 0 Å². The van der Waals surface area contributed by atoms with Crippen LogP contribution in [0.3, 0.4) is 0 Å². The van der Waals surface area contributed by atoms with Crippen LogP contribution in [0.25, 0.3) is 5.65 Å². The van der Waals surface area contributed by atoms with Gasteiger partial charge >= 0.3 is 0 Å². The number of imidazole rings is 1. The normalized spacial score (nSPS) is 30.8. The molecule has 0 radical (unpaired) electrons. The lowest BCUT2D eigenvalue weighted by molar-refractivity contribution is -0.123. The van der Waals surface area contributed by atoms with Gasteiger partial charge in [0.2, 0.25) is 5.91 Å². The zero-order valence-corrected chi connectivity index (χ0v) is 17.9. The lowest BCUT2D eigenvalue weighted by atomic mass is 9.72. The van der Waals surface area contributed by atoms with Gasteiger partial charge in [-0.3, -0.25) is 14.5 Å². The first-order valence-corrected chi connectivity index (χ1v) is 11.9. The molecule has 0 aromatic carbocycles. The van der Waals surface area contributed by atoms with E-state index in [1.54, 1.807) is 0 Å². The molecule has 7 heteroatoms. The SMILES string of the molecule is O=C(NC[C@H]1[C@H]2C[C@H](CN(C(=O)c3cn4ccccc4n3)C2)[C@@H]2CCCCN21)C1CC1. The summed E-state index contributed by atoms with van der Waals surface area (Å²) >= 11 is 0. The molecule has 3 aliphatic heterocycles. The number of hydrogen-bond acceptors (Lipinski definition) is 4. The standard InChI is InChI=1S/C24H31N5O2/c30-23(16-7-8-16)25-12-21-18-11-17(20-5-1-4-10-29(20)21)13-28(14-18)24(31)19-15-27-9-3-2-6-22(27)26-19/h2-3,6,9,15-18,20-21H,1,4-5,7-8,10-14H2,(H,25,30)/t17-,18+,20+,21+/m1/s1. The molecule has 1 aliphatic carbocycles. The average molecular weight is 422 g/mol. The Kier molecular flexibility index (Phi) is 4.74. The van der Waals surface area contributed by atoms with Gasteiger partial charge in [0, 0.05) is 50.0 Å². The number of nitrogens with zero attached hydrogens (tertiary/aromatic N) is 4. The summed E-state index contributed by atoms with van der Waals surface area (Å²) in [5, 5.41) is 3.24. The Hall–Kier alpha value is -2.41. The van der Waals surface area contributed by atoms with Crippen molar-refractivity contribution in [2.45, 2.75) is 50.6 Å². The monoisotopic (exact) mass is 421 g/mol. The fraction of sp³-hybridized carbons (Fsp3) is 0.625. The summed E-state index contributed by atoms with van der Waals surface area (Å²) in [6.45, 7) is 3.43. The van der Waals surface area contributed by atoms with Crippen LogP contribution in [-0.4, -0.2) is 69.3 Å². The molecule has 164 valence electrons. The Morgan fingerprint density at radius 3 is 2.81 bits per heavy atom. The molecule has 2 aromatic rings. The molecule has 2 bridgehead atoms. The van der Waals surface area contributed by atoms with E-state index < -0.39 is 0 Å². The van der Waals surface area contributed by atoms with Crippen molar-refractivity contribution < 1.29 is 9.59 Å². The van der Waals surface area contributed by atoms with Gasteiger partial charge in [0.1, 0.15) is 11.3 Å². The van der Waals surface area contributed by atoms with Crippen LogP contribution in [0.4, 0.5) is 0 Å². The van der Waals surface area contributed by atoms with Crippen LogP contribution in [0, 0.1) is 17.8 Å². The minimum atomic E-state index is 0.0448. The first kappa shape index (κ1) is 19.3. The molecular formula is C24H31N5O2. The van der Waals surface area contributed by atoms with Gasteiger partial charge in [0.25, 0.3) is 5.91 Å². The molecule has 4 aliphatic rings. The third-order valence-corrected chi connectivity index (χ3v) is 7.93. The Morgan fingerprint density at radius 2 is 1.97 bits per heavy atom. The molecule has 1 saturated carbocycles. The first-order chi connectivity index (χ1) is 15.2. The van der Waals surface area contributed by atoms with Crippen LogP contribution in [0.5, 0.6) is 0 Å². The summed E-state index contributed by atoms with van der Waals surface area (Å²) in [5.41, 5.74) is 1.34. The molecule has 2 aromatic heterocycles. The maximum absolute atomic E-state index is 13.4. The number of nitrogens with one attached hydrogen (secondary N) is 1. The van der Waals surface area contributed by atoms with Gasteiger partial charge in [-0.05, 0) is 62.6 Å². The number of pyridine rings is 1. The van der Waals surface area contributed by atoms with Crippen LogP contribution in [0.2, 0.25) is 0 Å². The zero-order chi connectivity index (χ0) is 20.9. The molecule has 6 rings (SSSR count). The number of likely N-dealkylation sites (tertiary alicyclic amines) is 1. The minimum absolute atomic E-state index is 0.0448. The molecule has 4 atom stereocenters. The molecule has 5 heterocycles. The van der Waals surface area contributed by atoms with Crippen LogP contribution in [0.1, 0.15) is 49.0 Å².